The van der Waals surface area contributed by atoms with Crippen molar-refractivity contribution >= 4 is 35.4 Å². The van der Waals surface area contributed by atoms with Crippen molar-refractivity contribution in [2.24, 2.45) is 17.3 Å². The van der Waals surface area contributed by atoms with Crippen molar-refractivity contribution in [1.82, 2.24) is 10.6 Å². The molecule has 1 unspecified atom stereocenters. The van der Waals surface area contributed by atoms with E-state index in [1.165, 1.54) is 12.2 Å². The molecule has 2 amide bonds. The molecule has 1 aliphatic heterocycles. The fraction of sp³-hybridized carbons (Fsp3) is 0.500. The van der Waals surface area contributed by atoms with E-state index in [4.69, 9.17) is 21.1 Å². The lowest BCUT2D eigenvalue weighted by Gasteiger charge is -2.32. The third-order valence-electron chi connectivity index (χ3n) is 8.26. The van der Waals surface area contributed by atoms with Crippen molar-refractivity contribution in [2.75, 3.05) is 6.54 Å². The molecular weight excluding hydrogens is 624 g/mol. The summed E-state index contributed by atoms with van der Waals surface area (Å²) in [7, 11) is 0. The Morgan fingerprint density at radius 1 is 1.00 bits per heavy atom. The molecule has 0 bridgehead atoms. The first-order chi connectivity index (χ1) is 22.1. The molecule has 0 saturated carbocycles. The quantitative estimate of drug-likeness (QED) is 0.302. The molecule has 4 N–H and O–H groups in total. The summed E-state index contributed by atoms with van der Waals surface area (Å²) < 4.78 is 11.6. The van der Waals surface area contributed by atoms with E-state index in [9.17, 15) is 29.4 Å². The van der Waals surface area contributed by atoms with Gasteiger partial charge in [-0.1, -0.05) is 80.9 Å². The van der Waals surface area contributed by atoms with Crippen LogP contribution in [0, 0.1) is 24.2 Å². The normalized spacial score (nSPS) is 23.9. The van der Waals surface area contributed by atoms with E-state index in [0.717, 1.165) is 11.1 Å². The molecule has 10 nitrogen and oxygen atoms in total. The number of carbonyl (C=O) groups is 4. The van der Waals surface area contributed by atoms with Crippen LogP contribution in [0.2, 0.25) is 5.02 Å². The van der Waals surface area contributed by atoms with E-state index in [-0.39, 0.29) is 31.7 Å². The summed E-state index contributed by atoms with van der Waals surface area (Å²) in [6, 6.07) is 13.0. The van der Waals surface area contributed by atoms with E-state index in [2.05, 4.69) is 10.6 Å². The maximum absolute atomic E-state index is 13.5. The highest BCUT2D eigenvalue weighted by atomic mass is 35.5. The summed E-state index contributed by atoms with van der Waals surface area (Å²) >= 11 is 6.31. The Bertz CT molecular complexity index is 1430. The first kappa shape index (κ1) is 37.7. The van der Waals surface area contributed by atoms with Gasteiger partial charge in [-0.15, -0.1) is 0 Å². The van der Waals surface area contributed by atoms with Crippen molar-refractivity contribution in [2.45, 2.75) is 91.3 Å². The lowest BCUT2D eigenvalue weighted by Crippen LogP contribution is -2.51. The Morgan fingerprint density at radius 2 is 1.68 bits per heavy atom. The van der Waals surface area contributed by atoms with Gasteiger partial charge in [-0.05, 0) is 61.9 Å². The average molecular weight is 671 g/mol. The van der Waals surface area contributed by atoms with Crippen molar-refractivity contribution in [3.05, 3.63) is 82.4 Å². The van der Waals surface area contributed by atoms with E-state index in [1.54, 1.807) is 57.2 Å². The lowest BCUT2D eigenvalue weighted by molar-refractivity contribution is -0.181. The number of esters is 2. The Kier molecular flexibility index (Phi) is 13.6. The number of nitrogens with one attached hydrogen (secondary N) is 2. The molecule has 1 aliphatic rings. The van der Waals surface area contributed by atoms with Gasteiger partial charge in [-0.25, -0.2) is 4.79 Å². The zero-order chi connectivity index (χ0) is 34.9. The number of carbonyl (C=O) groups excluding carboxylic acids is 4. The fourth-order valence-corrected chi connectivity index (χ4v) is 5.30. The molecule has 0 saturated heterocycles. The summed E-state index contributed by atoms with van der Waals surface area (Å²) in [6.07, 6.45) is -1.91. The summed E-state index contributed by atoms with van der Waals surface area (Å²) in [5.74, 6) is -3.48. The van der Waals surface area contributed by atoms with Crippen LogP contribution in [0.5, 0.6) is 0 Å². The van der Waals surface area contributed by atoms with Crippen LogP contribution in [-0.2, 0) is 35.1 Å². The van der Waals surface area contributed by atoms with Crippen LogP contribution in [-0.4, -0.2) is 64.9 Å². The second-order valence-electron chi connectivity index (χ2n) is 13.3. The van der Waals surface area contributed by atoms with Gasteiger partial charge in [0.05, 0.1) is 11.5 Å². The number of aliphatic hydroxyl groups excluding tert-OH is 2. The van der Waals surface area contributed by atoms with Crippen LogP contribution in [0.3, 0.4) is 0 Å². The van der Waals surface area contributed by atoms with Crippen molar-refractivity contribution in [1.29, 1.82) is 0 Å². The number of benzene rings is 2. The predicted molar refractivity (Wildman–Crippen MR) is 178 cm³/mol. The molecule has 0 radical (unpaired) electrons. The van der Waals surface area contributed by atoms with Crippen LogP contribution in [0.4, 0.5) is 0 Å². The van der Waals surface area contributed by atoms with Gasteiger partial charge in [0.15, 0.2) is 6.10 Å². The minimum atomic E-state index is -1.34. The van der Waals surface area contributed by atoms with Crippen LogP contribution in [0.15, 0.2) is 60.7 Å². The number of ether oxygens (including phenoxy) is 2. The monoisotopic (exact) mass is 670 g/mol. The number of cyclic esters (lactones) is 2. The fourth-order valence-electron chi connectivity index (χ4n) is 5.10. The van der Waals surface area contributed by atoms with Crippen LogP contribution in [0.25, 0.3) is 0 Å². The zero-order valence-electron chi connectivity index (χ0n) is 27.9. The molecule has 2 aromatic carbocycles. The predicted octanol–water partition coefficient (Wildman–Crippen LogP) is 4.38. The maximum Gasteiger partial charge on any atom is 0.347 e. The molecular formula is C36H47ClN2O8. The minimum absolute atomic E-state index is 0.0167. The Hall–Kier alpha value is -3.73. The first-order valence-electron chi connectivity index (χ1n) is 15.9. The molecule has 47 heavy (non-hydrogen) atoms. The van der Waals surface area contributed by atoms with Gasteiger partial charge in [0.25, 0.3) is 0 Å². The van der Waals surface area contributed by atoms with Crippen LogP contribution >= 0.6 is 11.6 Å². The number of halogens is 1. The number of rotatable bonds is 8. The third-order valence-corrected chi connectivity index (χ3v) is 8.67. The Morgan fingerprint density at radius 3 is 2.32 bits per heavy atom. The summed E-state index contributed by atoms with van der Waals surface area (Å²) in [6.45, 7) is 10.3. The van der Waals surface area contributed by atoms with E-state index in [0.29, 0.717) is 10.6 Å². The molecule has 3 rings (SSSR count). The summed E-state index contributed by atoms with van der Waals surface area (Å²) in [5.41, 5.74) is 0.828. The van der Waals surface area contributed by atoms with Gasteiger partial charge < -0.3 is 30.3 Å². The number of hydrogen-bond donors (Lipinski definition) is 4. The Labute approximate surface area is 281 Å². The largest absolute Gasteiger partial charge is 0.459 e. The van der Waals surface area contributed by atoms with Gasteiger partial charge in [-0.2, -0.15) is 0 Å². The smallest absolute Gasteiger partial charge is 0.347 e. The summed E-state index contributed by atoms with van der Waals surface area (Å²) in [4.78, 5) is 53.4. The van der Waals surface area contributed by atoms with Gasteiger partial charge in [0.2, 0.25) is 11.8 Å². The van der Waals surface area contributed by atoms with E-state index < -0.39 is 65.5 Å². The lowest BCUT2D eigenvalue weighted by atomic mass is 9.89. The highest BCUT2D eigenvalue weighted by Gasteiger charge is 2.38. The Balaban J connectivity index is 1.96. The van der Waals surface area contributed by atoms with E-state index in [1.807, 2.05) is 32.9 Å². The van der Waals surface area contributed by atoms with Gasteiger partial charge in [0.1, 0.15) is 18.2 Å². The molecule has 11 heteroatoms. The molecule has 256 valence electrons. The van der Waals surface area contributed by atoms with Gasteiger partial charge in [-0.3, -0.25) is 14.4 Å². The average Bonchev–Trinajstić information content (AvgIpc) is 3.02. The van der Waals surface area contributed by atoms with Crippen molar-refractivity contribution in [3.63, 3.8) is 0 Å². The molecule has 0 spiro atoms. The highest BCUT2D eigenvalue weighted by Crippen LogP contribution is 2.28. The topological polar surface area (TPSA) is 151 Å². The van der Waals surface area contributed by atoms with Crippen LogP contribution < -0.4 is 10.6 Å². The molecule has 0 fully saturated rings. The highest BCUT2D eigenvalue weighted by molar-refractivity contribution is 6.31. The molecule has 6 atom stereocenters. The van der Waals surface area contributed by atoms with E-state index >= 15 is 0 Å². The van der Waals surface area contributed by atoms with Crippen molar-refractivity contribution in [3.8, 4) is 0 Å². The molecule has 2 aromatic rings. The molecule has 0 aliphatic carbocycles. The second-order valence-corrected chi connectivity index (χ2v) is 13.7. The second kappa shape index (κ2) is 16.9. The maximum atomic E-state index is 13.5. The SMILES string of the molecule is Cc1ccc(CC2NC(=O)/C=C/C[C@@H]([C@H](C)[C@H](O)[C@@H](O)c3ccccc3)OC(=O)[C@H](CC(C)C)OC(=O)C(C)(C)CNC2=O)cc1Cl. The minimum Gasteiger partial charge on any atom is -0.459 e. The van der Waals surface area contributed by atoms with Gasteiger partial charge >= 0.3 is 11.9 Å². The van der Waals surface area contributed by atoms with Gasteiger partial charge in [0, 0.05) is 30.3 Å². The number of amides is 2. The zero-order valence-corrected chi connectivity index (χ0v) is 28.6. The number of hydrogen-bond acceptors (Lipinski definition) is 8. The molecule has 0 aromatic heterocycles. The molecule has 1 heterocycles. The van der Waals surface area contributed by atoms with Crippen molar-refractivity contribution < 1.29 is 38.9 Å². The first-order valence-corrected chi connectivity index (χ1v) is 16.3. The van der Waals surface area contributed by atoms with Crippen LogP contribution in [0.1, 0.15) is 70.3 Å². The number of aliphatic hydroxyl groups is 2. The summed E-state index contributed by atoms with van der Waals surface area (Å²) in [5, 5.41) is 28.1. The number of aryl methyl sites for hydroxylation is 1. The third kappa shape index (κ3) is 10.9. The standard InChI is InChI=1S/C36H47ClN2O8/c1-21(2)17-29-34(44)46-28(23(4)31(41)32(42)25-11-8-7-9-12-25)13-10-14-30(40)39-27(19-24-16-15-22(3)26(37)18-24)33(43)38-20-36(5,6)35(45)47-29/h7-12,14-16,18,21,23,27-29,31-32,41-42H,13,17,19-20H2,1-6H3,(H,38,43)(H,39,40)/b14-10+/t23-,27?,28-,29-,31-,32-/m0/s1.